The number of amides is 1. The molecule has 0 aliphatic carbocycles. The van der Waals surface area contributed by atoms with Crippen molar-refractivity contribution < 1.29 is 9.53 Å². The molecule has 1 amide bonds. The first-order valence-electron chi connectivity index (χ1n) is 9.70. The highest BCUT2D eigenvalue weighted by Crippen LogP contribution is 2.32. The fourth-order valence-corrected chi connectivity index (χ4v) is 4.37. The zero-order chi connectivity index (χ0) is 20.9. The van der Waals surface area contributed by atoms with Gasteiger partial charge in [0.25, 0.3) is 5.91 Å². The van der Waals surface area contributed by atoms with Crippen LogP contribution in [0.2, 0.25) is 5.02 Å². The highest BCUT2D eigenvalue weighted by Gasteiger charge is 2.21. The minimum absolute atomic E-state index is 0.118. The van der Waals surface area contributed by atoms with Gasteiger partial charge in [-0.1, -0.05) is 29.0 Å². The van der Waals surface area contributed by atoms with E-state index < -0.39 is 0 Å². The summed E-state index contributed by atoms with van der Waals surface area (Å²) in [5.74, 6) is 0.681. The number of hydrogen-bond donors (Lipinski definition) is 0. The predicted molar refractivity (Wildman–Crippen MR) is 121 cm³/mol. The van der Waals surface area contributed by atoms with Crippen LogP contribution >= 0.6 is 22.9 Å². The van der Waals surface area contributed by atoms with Crippen molar-refractivity contribution in [2.75, 3.05) is 18.1 Å². The molecule has 4 aromatic rings. The minimum atomic E-state index is -0.118. The average Bonchev–Trinajstić information content (AvgIpc) is 3.40. The van der Waals surface area contributed by atoms with Gasteiger partial charge in [-0.15, -0.1) is 0 Å². The van der Waals surface area contributed by atoms with E-state index in [-0.39, 0.29) is 5.91 Å². The number of rotatable bonds is 8. The molecule has 30 heavy (non-hydrogen) atoms. The van der Waals surface area contributed by atoms with Crippen molar-refractivity contribution in [3.63, 3.8) is 0 Å². The Morgan fingerprint density at radius 2 is 2.17 bits per heavy atom. The molecule has 0 atom stereocenters. The van der Waals surface area contributed by atoms with Crippen LogP contribution in [-0.2, 0) is 6.54 Å². The molecule has 2 aromatic carbocycles. The molecule has 0 spiro atoms. The van der Waals surface area contributed by atoms with E-state index >= 15 is 0 Å². The van der Waals surface area contributed by atoms with Gasteiger partial charge in [-0.25, -0.2) is 9.97 Å². The second-order valence-corrected chi connectivity index (χ2v) is 8.13. The lowest BCUT2D eigenvalue weighted by Crippen LogP contribution is -2.32. The molecule has 6 nitrogen and oxygen atoms in total. The van der Waals surface area contributed by atoms with Gasteiger partial charge in [0.2, 0.25) is 0 Å². The lowest BCUT2D eigenvalue weighted by atomic mass is 10.2. The summed E-state index contributed by atoms with van der Waals surface area (Å²) in [6.07, 6.45) is 6.20. The summed E-state index contributed by atoms with van der Waals surface area (Å²) in [6.45, 7) is 3.85. The minimum Gasteiger partial charge on any atom is -0.494 e. The molecule has 2 heterocycles. The van der Waals surface area contributed by atoms with E-state index in [2.05, 4.69) is 4.98 Å². The summed E-state index contributed by atoms with van der Waals surface area (Å²) in [5, 5.41) is 1.19. The number of imidazole rings is 1. The number of fused-ring (bicyclic) bond motifs is 1. The molecular weight excluding hydrogens is 420 g/mol. The Morgan fingerprint density at radius 1 is 1.27 bits per heavy atom. The van der Waals surface area contributed by atoms with Crippen molar-refractivity contribution in [3.8, 4) is 5.75 Å². The number of aryl methyl sites for hydroxylation is 1. The number of hydrogen-bond acceptors (Lipinski definition) is 5. The largest absolute Gasteiger partial charge is 0.494 e. The maximum absolute atomic E-state index is 13.3. The SMILES string of the molecule is CCOc1ccc2nc(N(CCCn3ccnc3)C(=O)c3cccc(Cl)c3)sc2c1. The highest BCUT2D eigenvalue weighted by molar-refractivity contribution is 7.22. The van der Waals surface area contributed by atoms with E-state index in [1.54, 1.807) is 41.7 Å². The normalized spacial score (nSPS) is 11.0. The zero-order valence-corrected chi connectivity index (χ0v) is 18.1. The number of ether oxygens (including phenoxy) is 1. The molecule has 154 valence electrons. The number of halogens is 1. The maximum Gasteiger partial charge on any atom is 0.260 e. The molecule has 0 N–H and O–H groups in total. The summed E-state index contributed by atoms with van der Waals surface area (Å²) in [4.78, 5) is 23.8. The molecular formula is C22H21ClN4O2S. The molecule has 0 unspecified atom stereocenters. The average molecular weight is 441 g/mol. The Morgan fingerprint density at radius 3 is 2.93 bits per heavy atom. The standard InChI is InChI=1S/C22H21ClN4O2S/c1-2-29-18-7-8-19-20(14-18)30-22(25-19)27(11-4-10-26-12-9-24-15-26)21(28)16-5-3-6-17(23)13-16/h3,5-9,12-15H,2,4,10-11H2,1H3. The number of benzene rings is 2. The Kier molecular flexibility index (Phi) is 6.30. The molecule has 0 saturated carbocycles. The van der Waals surface area contributed by atoms with Crippen LogP contribution in [0, 0.1) is 0 Å². The lowest BCUT2D eigenvalue weighted by molar-refractivity contribution is 0.0986. The van der Waals surface area contributed by atoms with E-state index in [0.29, 0.717) is 28.9 Å². The second kappa shape index (κ2) is 9.28. The topological polar surface area (TPSA) is 60.2 Å². The van der Waals surface area contributed by atoms with Gasteiger partial charge >= 0.3 is 0 Å². The van der Waals surface area contributed by atoms with Crippen LogP contribution in [0.15, 0.2) is 61.2 Å². The Balaban J connectivity index is 1.63. The molecule has 8 heteroatoms. The van der Waals surface area contributed by atoms with Crippen molar-refractivity contribution in [2.45, 2.75) is 19.9 Å². The predicted octanol–water partition coefficient (Wildman–Crippen LogP) is 5.28. The van der Waals surface area contributed by atoms with E-state index in [0.717, 1.165) is 28.9 Å². The number of aromatic nitrogens is 3. The Hall–Kier alpha value is -2.90. The third-order valence-corrected chi connectivity index (χ3v) is 5.84. The van der Waals surface area contributed by atoms with Gasteiger partial charge in [-0.05, 0) is 49.7 Å². The van der Waals surface area contributed by atoms with E-state index in [1.165, 1.54) is 11.3 Å². The lowest BCUT2D eigenvalue weighted by Gasteiger charge is -2.20. The van der Waals surface area contributed by atoms with Crippen molar-refractivity contribution in [1.82, 2.24) is 14.5 Å². The monoisotopic (exact) mass is 440 g/mol. The quantitative estimate of drug-likeness (QED) is 0.374. The van der Waals surface area contributed by atoms with Gasteiger partial charge in [-0.2, -0.15) is 0 Å². The third kappa shape index (κ3) is 4.63. The van der Waals surface area contributed by atoms with E-state index in [4.69, 9.17) is 21.3 Å². The number of nitrogens with zero attached hydrogens (tertiary/aromatic N) is 4. The first kappa shape index (κ1) is 20.4. The van der Waals surface area contributed by atoms with E-state index in [9.17, 15) is 4.79 Å². The van der Waals surface area contributed by atoms with Crippen molar-refractivity contribution >= 4 is 44.2 Å². The van der Waals surface area contributed by atoms with Gasteiger partial charge in [0.05, 0.1) is 23.2 Å². The van der Waals surface area contributed by atoms with Gasteiger partial charge < -0.3 is 9.30 Å². The number of thiazole rings is 1. The molecule has 2 aromatic heterocycles. The van der Waals surface area contributed by atoms with E-state index in [1.807, 2.05) is 35.9 Å². The summed E-state index contributed by atoms with van der Waals surface area (Å²) in [5.41, 5.74) is 1.39. The number of carbonyl (C=O) groups excluding carboxylic acids is 1. The summed E-state index contributed by atoms with van der Waals surface area (Å²) in [7, 11) is 0. The molecule has 0 bridgehead atoms. The first-order valence-corrected chi connectivity index (χ1v) is 10.9. The number of anilines is 1. The van der Waals surface area contributed by atoms with Gasteiger partial charge in [-0.3, -0.25) is 9.69 Å². The molecule has 0 aliphatic rings. The molecule has 0 aliphatic heterocycles. The van der Waals surface area contributed by atoms with Crippen LogP contribution < -0.4 is 9.64 Å². The maximum atomic E-state index is 13.3. The van der Waals surface area contributed by atoms with Gasteiger partial charge in [0.15, 0.2) is 5.13 Å². The van der Waals surface area contributed by atoms with Crippen LogP contribution in [0.1, 0.15) is 23.7 Å². The van der Waals surface area contributed by atoms with Crippen molar-refractivity contribution in [1.29, 1.82) is 0 Å². The van der Waals surface area contributed by atoms with Crippen LogP contribution in [0.4, 0.5) is 5.13 Å². The Labute approximate surface area is 183 Å². The van der Waals surface area contributed by atoms with Crippen LogP contribution in [0.5, 0.6) is 5.75 Å². The molecule has 0 fully saturated rings. The number of carbonyl (C=O) groups is 1. The first-order chi connectivity index (χ1) is 14.6. The summed E-state index contributed by atoms with van der Waals surface area (Å²) >= 11 is 7.60. The summed E-state index contributed by atoms with van der Waals surface area (Å²) < 4.78 is 8.57. The molecule has 4 rings (SSSR count). The van der Waals surface area contributed by atoms with Crippen molar-refractivity contribution in [2.24, 2.45) is 0 Å². The second-order valence-electron chi connectivity index (χ2n) is 6.68. The van der Waals surface area contributed by atoms with Crippen LogP contribution in [0.3, 0.4) is 0 Å². The Bertz CT molecular complexity index is 1140. The van der Waals surface area contributed by atoms with Crippen LogP contribution in [0.25, 0.3) is 10.2 Å². The van der Waals surface area contributed by atoms with Crippen LogP contribution in [-0.4, -0.2) is 33.6 Å². The third-order valence-electron chi connectivity index (χ3n) is 4.56. The fraction of sp³-hybridized carbons (Fsp3) is 0.227. The fourth-order valence-electron chi connectivity index (χ4n) is 3.16. The zero-order valence-electron chi connectivity index (χ0n) is 16.5. The highest BCUT2D eigenvalue weighted by atomic mass is 35.5. The smallest absolute Gasteiger partial charge is 0.260 e. The molecule has 0 radical (unpaired) electrons. The van der Waals surface area contributed by atoms with Crippen molar-refractivity contribution in [3.05, 3.63) is 71.8 Å². The van der Waals surface area contributed by atoms with Gasteiger partial charge in [0.1, 0.15) is 5.75 Å². The van der Waals surface area contributed by atoms with Gasteiger partial charge in [0, 0.05) is 36.1 Å². The molecule has 0 saturated heterocycles. The summed E-state index contributed by atoms with van der Waals surface area (Å²) in [6, 6.07) is 12.8.